The molecular formula is C22H22N6O4. The highest BCUT2D eigenvalue weighted by molar-refractivity contribution is 6.00. The van der Waals surface area contributed by atoms with Crippen LogP contribution in [0.15, 0.2) is 54.6 Å². The number of anilines is 4. The van der Waals surface area contributed by atoms with Gasteiger partial charge in [0, 0.05) is 18.7 Å². The topological polar surface area (TPSA) is 133 Å². The molecule has 0 spiro atoms. The van der Waals surface area contributed by atoms with E-state index in [2.05, 4.69) is 20.3 Å². The fraction of sp³-hybridized carbons (Fsp3) is 0.227. The van der Waals surface area contributed by atoms with Gasteiger partial charge in [0.25, 0.3) is 0 Å². The third kappa shape index (κ3) is 4.75. The van der Waals surface area contributed by atoms with Crippen LogP contribution in [-0.2, 0) is 20.9 Å². The van der Waals surface area contributed by atoms with Gasteiger partial charge in [0.1, 0.15) is 5.75 Å². The van der Waals surface area contributed by atoms with Crippen molar-refractivity contribution in [3.05, 3.63) is 60.4 Å². The zero-order chi connectivity index (χ0) is 22.5. The highest BCUT2D eigenvalue weighted by Crippen LogP contribution is 2.33. The van der Waals surface area contributed by atoms with Crippen LogP contribution in [0.25, 0.3) is 0 Å². The van der Waals surface area contributed by atoms with E-state index in [0.717, 1.165) is 5.69 Å². The lowest BCUT2D eigenvalue weighted by molar-refractivity contribution is -0.149. The molecule has 1 saturated heterocycles. The first-order chi connectivity index (χ1) is 15.5. The van der Waals surface area contributed by atoms with E-state index in [1.165, 1.54) is 12.0 Å². The monoisotopic (exact) mass is 434 g/mol. The number of esters is 1. The van der Waals surface area contributed by atoms with Crippen LogP contribution in [-0.4, -0.2) is 40.5 Å². The number of para-hydroxylation sites is 3. The number of carbonyl (C=O) groups is 2. The Labute approximate surface area is 184 Å². The summed E-state index contributed by atoms with van der Waals surface area (Å²) < 4.78 is 10.7. The summed E-state index contributed by atoms with van der Waals surface area (Å²) in [6.07, 6.45) is 0.0526. The van der Waals surface area contributed by atoms with Crippen LogP contribution >= 0.6 is 0 Å². The lowest BCUT2D eigenvalue weighted by Gasteiger charge is -2.19. The molecular weight excluding hydrogens is 412 g/mol. The Morgan fingerprint density at radius 3 is 2.66 bits per heavy atom. The van der Waals surface area contributed by atoms with Crippen LogP contribution in [0.2, 0.25) is 0 Å². The van der Waals surface area contributed by atoms with Gasteiger partial charge in [-0.3, -0.25) is 9.59 Å². The van der Waals surface area contributed by atoms with Gasteiger partial charge in [0.15, 0.2) is 12.4 Å². The molecule has 3 aromatic rings. The van der Waals surface area contributed by atoms with Gasteiger partial charge in [-0.25, -0.2) is 0 Å². The van der Waals surface area contributed by atoms with Crippen LogP contribution < -0.4 is 20.7 Å². The number of benzene rings is 2. The third-order valence-electron chi connectivity index (χ3n) is 4.91. The molecule has 1 amide bonds. The smallest absolute Gasteiger partial charge is 0.311 e. The zero-order valence-corrected chi connectivity index (χ0v) is 17.4. The Balaban J connectivity index is 1.39. The molecule has 0 unspecified atom stereocenters. The van der Waals surface area contributed by atoms with Crippen molar-refractivity contribution in [2.24, 2.45) is 5.92 Å². The minimum Gasteiger partial charge on any atom is -0.495 e. The molecule has 0 radical (unpaired) electrons. The maximum absolute atomic E-state index is 12.6. The molecule has 10 nitrogen and oxygen atoms in total. The van der Waals surface area contributed by atoms with Crippen molar-refractivity contribution in [1.82, 2.24) is 15.0 Å². The van der Waals surface area contributed by atoms with Crippen LogP contribution in [0.3, 0.4) is 0 Å². The first-order valence-corrected chi connectivity index (χ1v) is 9.96. The van der Waals surface area contributed by atoms with Crippen molar-refractivity contribution < 1.29 is 19.1 Å². The molecule has 1 atom stereocenters. The van der Waals surface area contributed by atoms with Gasteiger partial charge in [-0.05, 0) is 24.3 Å². The Morgan fingerprint density at radius 2 is 1.88 bits per heavy atom. The van der Waals surface area contributed by atoms with Crippen molar-refractivity contribution in [2.75, 3.05) is 29.6 Å². The van der Waals surface area contributed by atoms with Crippen molar-refractivity contribution in [1.29, 1.82) is 0 Å². The Hall–Kier alpha value is -4.21. The average molecular weight is 434 g/mol. The van der Waals surface area contributed by atoms with Gasteiger partial charge in [-0.2, -0.15) is 15.0 Å². The number of amides is 1. The molecule has 164 valence electrons. The minimum absolute atomic E-state index is 0.00266. The Bertz CT molecular complexity index is 1120. The molecule has 1 aromatic heterocycles. The van der Waals surface area contributed by atoms with Crippen molar-refractivity contribution in [3.8, 4) is 5.75 Å². The normalized spacial score (nSPS) is 15.5. The van der Waals surface area contributed by atoms with Gasteiger partial charge < -0.3 is 25.4 Å². The standard InChI is InChI=1S/C22H22N6O4/c1-31-17-10-6-5-9-16(17)28-12-14(11-19(28)29)20(30)32-13-18-25-21(23)27-22(26-18)24-15-7-3-2-4-8-15/h2-10,14H,11-13H2,1H3,(H3,23,24,25,26,27)/t14-/m0/s1. The van der Waals surface area contributed by atoms with E-state index in [0.29, 0.717) is 11.4 Å². The van der Waals surface area contributed by atoms with Gasteiger partial charge >= 0.3 is 5.97 Å². The summed E-state index contributed by atoms with van der Waals surface area (Å²) in [4.78, 5) is 38.9. The van der Waals surface area contributed by atoms with Crippen molar-refractivity contribution in [3.63, 3.8) is 0 Å². The third-order valence-corrected chi connectivity index (χ3v) is 4.91. The largest absolute Gasteiger partial charge is 0.495 e. The number of ether oxygens (including phenoxy) is 2. The number of nitrogen functional groups attached to an aromatic ring is 1. The van der Waals surface area contributed by atoms with E-state index in [1.807, 2.05) is 42.5 Å². The number of aromatic nitrogens is 3. The lowest BCUT2D eigenvalue weighted by atomic mass is 10.1. The summed E-state index contributed by atoms with van der Waals surface area (Å²) in [7, 11) is 1.53. The minimum atomic E-state index is -0.603. The average Bonchev–Trinajstić information content (AvgIpc) is 3.19. The van der Waals surface area contributed by atoms with E-state index in [4.69, 9.17) is 15.2 Å². The van der Waals surface area contributed by atoms with E-state index >= 15 is 0 Å². The summed E-state index contributed by atoms with van der Waals surface area (Å²) in [5.41, 5.74) is 7.17. The molecule has 4 rings (SSSR count). The summed E-state index contributed by atoms with van der Waals surface area (Å²) >= 11 is 0. The molecule has 10 heteroatoms. The lowest BCUT2D eigenvalue weighted by Crippen LogP contribution is -2.27. The maximum atomic E-state index is 12.6. The van der Waals surface area contributed by atoms with Crippen molar-refractivity contribution in [2.45, 2.75) is 13.0 Å². The molecule has 0 aliphatic carbocycles. The highest BCUT2D eigenvalue weighted by Gasteiger charge is 2.37. The Morgan fingerprint density at radius 1 is 1.12 bits per heavy atom. The summed E-state index contributed by atoms with van der Waals surface area (Å²) in [6.45, 7) is 0.0204. The van der Waals surface area contributed by atoms with E-state index in [1.54, 1.807) is 12.1 Å². The van der Waals surface area contributed by atoms with Gasteiger partial charge in [0.05, 0.1) is 18.7 Å². The molecule has 2 heterocycles. The predicted octanol–water partition coefficient (Wildman–Crippen LogP) is 2.30. The van der Waals surface area contributed by atoms with Crippen LogP contribution in [0.5, 0.6) is 5.75 Å². The number of nitrogens with two attached hydrogens (primary N) is 1. The van der Waals surface area contributed by atoms with Crippen molar-refractivity contribution >= 4 is 35.1 Å². The van der Waals surface area contributed by atoms with Crippen LogP contribution in [0, 0.1) is 5.92 Å². The molecule has 1 aliphatic rings. The molecule has 0 saturated carbocycles. The van der Waals surface area contributed by atoms with E-state index < -0.39 is 11.9 Å². The Kier molecular flexibility index (Phi) is 6.11. The maximum Gasteiger partial charge on any atom is 0.311 e. The zero-order valence-electron chi connectivity index (χ0n) is 17.4. The van der Waals surface area contributed by atoms with Gasteiger partial charge in [-0.1, -0.05) is 30.3 Å². The molecule has 32 heavy (non-hydrogen) atoms. The number of hydrogen-bond acceptors (Lipinski definition) is 9. The van der Waals surface area contributed by atoms with Gasteiger partial charge in [-0.15, -0.1) is 0 Å². The fourth-order valence-electron chi connectivity index (χ4n) is 3.41. The summed E-state index contributed by atoms with van der Waals surface area (Å²) in [6, 6.07) is 16.5. The van der Waals surface area contributed by atoms with E-state index in [-0.39, 0.29) is 43.2 Å². The number of nitrogens with zero attached hydrogens (tertiary/aromatic N) is 4. The van der Waals surface area contributed by atoms with Gasteiger partial charge in [0.2, 0.25) is 17.8 Å². The van der Waals surface area contributed by atoms with E-state index in [9.17, 15) is 9.59 Å². The molecule has 1 fully saturated rings. The summed E-state index contributed by atoms with van der Waals surface area (Å²) in [5.74, 6) is -0.267. The molecule has 2 aromatic carbocycles. The molecule has 3 N–H and O–H groups in total. The first kappa shape index (κ1) is 21.0. The number of nitrogens with one attached hydrogen (secondary N) is 1. The number of rotatable bonds is 7. The quantitative estimate of drug-likeness (QED) is 0.537. The molecule has 0 bridgehead atoms. The number of carbonyl (C=O) groups excluding carboxylic acids is 2. The highest BCUT2D eigenvalue weighted by atomic mass is 16.5. The predicted molar refractivity (Wildman–Crippen MR) is 117 cm³/mol. The van der Waals surface area contributed by atoms with Crippen LogP contribution in [0.1, 0.15) is 12.2 Å². The van der Waals surface area contributed by atoms with Crippen LogP contribution in [0.4, 0.5) is 23.3 Å². The fourth-order valence-corrected chi connectivity index (χ4v) is 3.41. The summed E-state index contributed by atoms with van der Waals surface area (Å²) in [5, 5.41) is 3.02. The second-order valence-electron chi connectivity index (χ2n) is 7.11. The number of methoxy groups -OCH3 is 1. The molecule has 1 aliphatic heterocycles. The second-order valence-corrected chi connectivity index (χ2v) is 7.11. The SMILES string of the molecule is COc1ccccc1N1C[C@@H](C(=O)OCc2nc(N)nc(Nc3ccccc3)n2)CC1=O. The number of hydrogen-bond donors (Lipinski definition) is 2. The second kappa shape index (κ2) is 9.29. The first-order valence-electron chi connectivity index (χ1n) is 9.96.